The average molecular weight is 287 g/mol. The standard InChI is InChI=1S/C17H18FNO2/c1-10-7-13(8-11(2)16(10)18)9-19-17(21)14-5-4-6-15(20)12(14)3/h4-8,20H,9H2,1-3H3,(H,19,21). The number of nitrogens with one attached hydrogen (secondary N) is 1. The molecule has 1 amide bonds. The van der Waals surface area contributed by atoms with Crippen molar-refractivity contribution in [3.63, 3.8) is 0 Å². The van der Waals surface area contributed by atoms with E-state index in [0.29, 0.717) is 28.8 Å². The van der Waals surface area contributed by atoms with E-state index >= 15 is 0 Å². The minimum atomic E-state index is -0.261. The summed E-state index contributed by atoms with van der Waals surface area (Å²) >= 11 is 0. The highest BCUT2D eigenvalue weighted by Crippen LogP contribution is 2.19. The Morgan fingerprint density at radius 2 is 1.81 bits per heavy atom. The molecule has 110 valence electrons. The van der Waals surface area contributed by atoms with Crippen LogP contribution in [0.15, 0.2) is 30.3 Å². The molecule has 4 heteroatoms. The van der Waals surface area contributed by atoms with Crippen LogP contribution in [0.3, 0.4) is 0 Å². The summed E-state index contributed by atoms with van der Waals surface area (Å²) in [7, 11) is 0. The second-order valence-electron chi connectivity index (χ2n) is 5.18. The van der Waals surface area contributed by atoms with Gasteiger partial charge in [-0.05, 0) is 49.6 Å². The van der Waals surface area contributed by atoms with E-state index in [-0.39, 0.29) is 17.5 Å². The number of aromatic hydroxyl groups is 1. The first-order chi connectivity index (χ1) is 9.90. The Balaban J connectivity index is 2.13. The number of benzene rings is 2. The fraction of sp³-hybridized carbons (Fsp3) is 0.235. The van der Waals surface area contributed by atoms with E-state index in [1.807, 2.05) is 0 Å². The zero-order valence-corrected chi connectivity index (χ0v) is 12.3. The van der Waals surface area contributed by atoms with Crippen LogP contribution in [0.2, 0.25) is 0 Å². The summed E-state index contributed by atoms with van der Waals surface area (Å²) in [5.41, 5.74) is 2.95. The summed E-state index contributed by atoms with van der Waals surface area (Å²) in [6.45, 7) is 5.41. The van der Waals surface area contributed by atoms with Crippen LogP contribution in [0.25, 0.3) is 0 Å². The quantitative estimate of drug-likeness (QED) is 0.909. The molecule has 0 radical (unpaired) electrons. The predicted molar refractivity (Wildman–Crippen MR) is 79.9 cm³/mol. The van der Waals surface area contributed by atoms with Crippen molar-refractivity contribution in [3.8, 4) is 5.75 Å². The molecule has 0 aromatic heterocycles. The topological polar surface area (TPSA) is 49.3 Å². The molecule has 0 unspecified atom stereocenters. The van der Waals surface area contributed by atoms with Crippen LogP contribution < -0.4 is 5.32 Å². The molecule has 0 aliphatic rings. The normalized spacial score (nSPS) is 10.5. The van der Waals surface area contributed by atoms with Crippen molar-refractivity contribution >= 4 is 5.91 Å². The van der Waals surface area contributed by atoms with Crippen molar-refractivity contribution in [2.45, 2.75) is 27.3 Å². The van der Waals surface area contributed by atoms with E-state index in [1.54, 1.807) is 51.1 Å². The molecule has 0 saturated carbocycles. The fourth-order valence-electron chi connectivity index (χ4n) is 2.28. The van der Waals surface area contributed by atoms with Gasteiger partial charge in [0.2, 0.25) is 0 Å². The Labute approximate surface area is 123 Å². The lowest BCUT2D eigenvalue weighted by Crippen LogP contribution is -2.23. The Hall–Kier alpha value is -2.36. The molecule has 0 heterocycles. The lowest BCUT2D eigenvalue weighted by molar-refractivity contribution is 0.0950. The van der Waals surface area contributed by atoms with E-state index in [4.69, 9.17) is 0 Å². The van der Waals surface area contributed by atoms with Gasteiger partial charge in [-0.2, -0.15) is 0 Å². The number of rotatable bonds is 3. The average Bonchev–Trinajstić information content (AvgIpc) is 2.45. The van der Waals surface area contributed by atoms with Crippen molar-refractivity contribution in [2.75, 3.05) is 0 Å². The number of halogens is 1. The van der Waals surface area contributed by atoms with E-state index in [1.165, 1.54) is 0 Å². The zero-order valence-electron chi connectivity index (χ0n) is 12.3. The third-order valence-corrected chi connectivity index (χ3v) is 3.50. The van der Waals surface area contributed by atoms with Gasteiger partial charge in [-0.3, -0.25) is 4.79 Å². The summed E-state index contributed by atoms with van der Waals surface area (Å²) in [6, 6.07) is 8.27. The number of carbonyl (C=O) groups is 1. The third kappa shape index (κ3) is 3.21. The van der Waals surface area contributed by atoms with E-state index in [2.05, 4.69) is 5.32 Å². The summed E-state index contributed by atoms with van der Waals surface area (Å²) in [4.78, 5) is 12.1. The number of amides is 1. The molecule has 0 bridgehead atoms. The van der Waals surface area contributed by atoms with Crippen LogP contribution in [0.4, 0.5) is 4.39 Å². The summed E-state index contributed by atoms with van der Waals surface area (Å²) < 4.78 is 13.6. The van der Waals surface area contributed by atoms with Gasteiger partial charge < -0.3 is 10.4 Å². The molecule has 0 saturated heterocycles. The molecule has 2 aromatic carbocycles. The summed E-state index contributed by atoms with van der Waals surface area (Å²) in [6.07, 6.45) is 0. The molecular formula is C17H18FNO2. The van der Waals surface area contributed by atoms with Gasteiger partial charge in [-0.15, -0.1) is 0 Å². The zero-order chi connectivity index (χ0) is 15.6. The highest BCUT2D eigenvalue weighted by atomic mass is 19.1. The highest BCUT2D eigenvalue weighted by Gasteiger charge is 2.11. The molecule has 0 aliphatic heterocycles. The Bertz CT molecular complexity index is 672. The molecule has 2 aromatic rings. The third-order valence-electron chi connectivity index (χ3n) is 3.50. The molecule has 0 aliphatic carbocycles. The van der Waals surface area contributed by atoms with Crippen LogP contribution in [-0.4, -0.2) is 11.0 Å². The maximum Gasteiger partial charge on any atom is 0.251 e. The van der Waals surface area contributed by atoms with Crippen LogP contribution in [0.1, 0.15) is 32.6 Å². The van der Waals surface area contributed by atoms with Gasteiger partial charge >= 0.3 is 0 Å². The Kier molecular flexibility index (Phi) is 4.26. The smallest absolute Gasteiger partial charge is 0.251 e. The Morgan fingerprint density at radius 3 is 2.43 bits per heavy atom. The van der Waals surface area contributed by atoms with Crippen molar-refractivity contribution in [1.82, 2.24) is 5.32 Å². The predicted octanol–water partition coefficient (Wildman–Crippen LogP) is 3.39. The highest BCUT2D eigenvalue weighted by molar-refractivity contribution is 5.96. The van der Waals surface area contributed by atoms with Crippen molar-refractivity contribution < 1.29 is 14.3 Å². The van der Waals surface area contributed by atoms with Gasteiger partial charge in [-0.25, -0.2) is 4.39 Å². The molecular weight excluding hydrogens is 269 g/mol. The van der Waals surface area contributed by atoms with Crippen LogP contribution in [0.5, 0.6) is 5.75 Å². The maximum atomic E-state index is 13.6. The van der Waals surface area contributed by atoms with Gasteiger partial charge in [0.25, 0.3) is 5.91 Å². The van der Waals surface area contributed by atoms with Gasteiger partial charge in [0.1, 0.15) is 11.6 Å². The first-order valence-corrected chi connectivity index (χ1v) is 6.72. The van der Waals surface area contributed by atoms with Crippen LogP contribution >= 0.6 is 0 Å². The van der Waals surface area contributed by atoms with E-state index in [0.717, 1.165) is 5.56 Å². The van der Waals surface area contributed by atoms with Crippen molar-refractivity contribution in [1.29, 1.82) is 0 Å². The lowest BCUT2D eigenvalue weighted by Gasteiger charge is -2.10. The van der Waals surface area contributed by atoms with Gasteiger partial charge in [0.15, 0.2) is 0 Å². The molecule has 21 heavy (non-hydrogen) atoms. The second kappa shape index (κ2) is 5.95. The van der Waals surface area contributed by atoms with Gasteiger partial charge in [0.05, 0.1) is 0 Å². The molecule has 0 atom stereocenters. The number of phenolic OH excluding ortho intramolecular Hbond substituents is 1. The number of aryl methyl sites for hydroxylation is 2. The monoisotopic (exact) mass is 287 g/mol. The van der Waals surface area contributed by atoms with Crippen LogP contribution in [0, 0.1) is 26.6 Å². The lowest BCUT2D eigenvalue weighted by atomic mass is 10.1. The summed E-state index contributed by atoms with van der Waals surface area (Å²) in [5, 5.41) is 12.4. The molecule has 0 fully saturated rings. The number of hydrogen-bond acceptors (Lipinski definition) is 2. The molecule has 2 N–H and O–H groups in total. The first kappa shape index (κ1) is 15.0. The molecule has 0 spiro atoms. The second-order valence-corrected chi connectivity index (χ2v) is 5.18. The largest absolute Gasteiger partial charge is 0.508 e. The maximum absolute atomic E-state index is 13.6. The minimum Gasteiger partial charge on any atom is -0.508 e. The first-order valence-electron chi connectivity index (χ1n) is 6.72. The van der Waals surface area contributed by atoms with Crippen molar-refractivity contribution in [2.24, 2.45) is 0 Å². The molecule has 2 rings (SSSR count). The molecule has 3 nitrogen and oxygen atoms in total. The Morgan fingerprint density at radius 1 is 1.19 bits per heavy atom. The van der Waals surface area contributed by atoms with Crippen molar-refractivity contribution in [3.05, 3.63) is 64.0 Å². The number of phenols is 1. The van der Waals surface area contributed by atoms with E-state index < -0.39 is 0 Å². The number of hydrogen-bond donors (Lipinski definition) is 2. The minimum absolute atomic E-state index is 0.0936. The van der Waals surface area contributed by atoms with E-state index in [9.17, 15) is 14.3 Å². The number of carbonyl (C=O) groups excluding carboxylic acids is 1. The van der Waals surface area contributed by atoms with Gasteiger partial charge in [-0.1, -0.05) is 18.2 Å². The summed E-state index contributed by atoms with van der Waals surface area (Å²) in [5.74, 6) is -0.381. The van der Waals surface area contributed by atoms with Gasteiger partial charge in [0, 0.05) is 17.7 Å². The fourth-order valence-corrected chi connectivity index (χ4v) is 2.28. The SMILES string of the molecule is Cc1cc(CNC(=O)c2cccc(O)c2C)cc(C)c1F. The van der Waals surface area contributed by atoms with Crippen LogP contribution in [-0.2, 0) is 6.54 Å².